The standard InChI is InChI=1S/C22H25NO5/c1-5-16-6-9-19(10-7-16)23-22(26)15(3)28-21(25)13-18-12-17(14(2)24)8-11-20(18)27-4/h6-12,15H,5,13H2,1-4H3,(H,23,26)/t15-/m0/s1. The largest absolute Gasteiger partial charge is 0.496 e. The summed E-state index contributed by atoms with van der Waals surface area (Å²) in [6, 6.07) is 12.3. The van der Waals surface area contributed by atoms with Gasteiger partial charge in [-0.3, -0.25) is 14.4 Å². The zero-order valence-corrected chi connectivity index (χ0v) is 16.6. The molecule has 0 aliphatic carbocycles. The molecular weight excluding hydrogens is 358 g/mol. The van der Waals surface area contributed by atoms with Gasteiger partial charge in [0.15, 0.2) is 11.9 Å². The Morgan fingerprint density at radius 3 is 2.32 bits per heavy atom. The van der Waals surface area contributed by atoms with Gasteiger partial charge >= 0.3 is 5.97 Å². The number of carbonyl (C=O) groups is 3. The Morgan fingerprint density at radius 1 is 1.07 bits per heavy atom. The second kappa shape index (κ2) is 9.69. The molecule has 0 heterocycles. The number of rotatable bonds is 8. The fraction of sp³-hybridized carbons (Fsp3) is 0.318. The average molecular weight is 383 g/mol. The topological polar surface area (TPSA) is 81.7 Å². The second-order valence-corrected chi connectivity index (χ2v) is 6.43. The molecule has 0 bridgehead atoms. The highest BCUT2D eigenvalue weighted by atomic mass is 16.5. The fourth-order valence-corrected chi connectivity index (χ4v) is 2.65. The van der Waals surface area contributed by atoms with Gasteiger partial charge in [0.05, 0.1) is 13.5 Å². The molecule has 2 aromatic rings. The molecule has 0 aromatic heterocycles. The molecule has 1 amide bonds. The molecule has 2 rings (SSSR count). The molecule has 0 unspecified atom stereocenters. The molecule has 0 fully saturated rings. The smallest absolute Gasteiger partial charge is 0.311 e. The molecule has 6 nitrogen and oxygen atoms in total. The van der Waals surface area contributed by atoms with Crippen molar-refractivity contribution in [2.24, 2.45) is 0 Å². The van der Waals surface area contributed by atoms with Crippen molar-refractivity contribution in [2.45, 2.75) is 39.7 Å². The van der Waals surface area contributed by atoms with Crippen molar-refractivity contribution >= 4 is 23.3 Å². The van der Waals surface area contributed by atoms with Crippen LogP contribution in [0.2, 0.25) is 0 Å². The number of carbonyl (C=O) groups excluding carboxylic acids is 3. The number of nitrogens with one attached hydrogen (secondary N) is 1. The number of esters is 1. The number of hydrogen-bond acceptors (Lipinski definition) is 5. The lowest BCUT2D eigenvalue weighted by molar-refractivity contribution is -0.152. The molecule has 1 atom stereocenters. The number of anilines is 1. The Labute approximate surface area is 164 Å². The van der Waals surface area contributed by atoms with E-state index in [2.05, 4.69) is 12.2 Å². The molecule has 6 heteroatoms. The number of benzene rings is 2. The van der Waals surface area contributed by atoms with Crippen LogP contribution in [0.4, 0.5) is 5.69 Å². The second-order valence-electron chi connectivity index (χ2n) is 6.43. The molecule has 28 heavy (non-hydrogen) atoms. The first-order valence-electron chi connectivity index (χ1n) is 9.11. The van der Waals surface area contributed by atoms with Gasteiger partial charge in [-0.05, 0) is 56.2 Å². The highest BCUT2D eigenvalue weighted by Crippen LogP contribution is 2.21. The van der Waals surface area contributed by atoms with Crippen molar-refractivity contribution in [1.29, 1.82) is 0 Å². The van der Waals surface area contributed by atoms with Crippen LogP contribution >= 0.6 is 0 Å². The van der Waals surface area contributed by atoms with Crippen LogP contribution in [0, 0.1) is 0 Å². The Kier molecular flexibility index (Phi) is 7.32. The van der Waals surface area contributed by atoms with Crippen LogP contribution in [0.3, 0.4) is 0 Å². The first-order valence-corrected chi connectivity index (χ1v) is 9.11. The molecule has 1 N–H and O–H groups in total. The lowest BCUT2D eigenvalue weighted by Gasteiger charge is -2.15. The van der Waals surface area contributed by atoms with Crippen molar-refractivity contribution in [2.75, 3.05) is 12.4 Å². The predicted octanol–water partition coefficient (Wildman–Crippen LogP) is 3.57. The van der Waals surface area contributed by atoms with E-state index < -0.39 is 18.0 Å². The first-order chi connectivity index (χ1) is 13.3. The van der Waals surface area contributed by atoms with Crippen molar-refractivity contribution < 1.29 is 23.9 Å². The summed E-state index contributed by atoms with van der Waals surface area (Å²) in [5.74, 6) is -0.626. The van der Waals surface area contributed by atoms with Gasteiger partial charge in [-0.1, -0.05) is 19.1 Å². The molecule has 0 radical (unpaired) electrons. The summed E-state index contributed by atoms with van der Waals surface area (Å²) in [6.45, 7) is 5.01. The van der Waals surface area contributed by atoms with E-state index in [1.165, 1.54) is 26.5 Å². The van der Waals surface area contributed by atoms with E-state index in [1.807, 2.05) is 24.3 Å². The third-order valence-electron chi connectivity index (χ3n) is 4.33. The summed E-state index contributed by atoms with van der Waals surface area (Å²) in [4.78, 5) is 36.1. The fourth-order valence-electron chi connectivity index (χ4n) is 2.65. The van der Waals surface area contributed by atoms with Gasteiger partial charge in [0.2, 0.25) is 0 Å². The zero-order chi connectivity index (χ0) is 20.7. The molecule has 0 aliphatic rings. The zero-order valence-electron chi connectivity index (χ0n) is 16.6. The minimum atomic E-state index is -0.958. The van der Waals surface area contributed by atoms with Gasteiger partial charge in [0.25, 0.3) is 5.91 Å². The third kappa shape index (κ3) is 5.67. The van der Waals surface area contributed by atoms with Gasteiger partial charge in [-0.15, -0.1) is 0 Å². The minimum Gasteiger partial charge on any atom is -0.496 e. The summed E-state index contributed by atoms with van der Waals surface area (Å²) in [5.41, 5.74) is 2.81. The van der Waals surface area contributed by atoms with E-state index in [9.17, 15) is 14.4 Å². The summed E-state index contributed by atoms with van der Waals surface area (Å²) in [7, 11) is 1.48. The van der Waals surface area contributed by atoms with Crippen molar-refractivity contribution in [3.05, 3.63) is 59.2 Å². The van der Waals surface area contributed by atoms with Crippen molar-refractivity contribution in [1.82, 2.24) is 0 Å². The van der Waals surface area contributed by atoms with Gasteiger partial charge in [-0.2, -0.15) is 0 Å². The Morgan fingerprint density at radius 2 is 1.75 bits per heavy atom. The summed E-state index contributed by atoms with van der Waals surface area (Å²) in [6.07, 6.45) is -0.149. The normalized spacial score (nSPS) is 11.4. The molecule has 0 saturated carbocycles. The predicted molar refractivity (Wildman–Crippen MR) is 107 cm³/mol. The first kappa shape index (κ1) is 21.2. The van der Waals surface area contributed by atoms with Crippen LogP contribution in [0.5, 0.6) is 5.75 Å². The van der Waals surface area contributed by atoms with E-state index in [0.717, 1.165) is 6.42 Å². The lowest BCUT2D eigenvalue weighted by Crippen LogP contribution is -2.30. The number of ketones is 1. The lowest BCUT2D eigenvalue weighted by atomic mass is 10.0. The molecular formula is C22H25NO5. The SMILES string of the molecule is CCc1ccc(NC(=O)[C@H](C)OC(=O)Cc2cc(C(C)=O)ccc2OC)cc1. The molecule has 0 saturated heterocycles. The van der Waals surface area contributed by atoms with Crippen LogP contribution in [0.1, 0.15) is 42.3 Å². The average Bonchev–Trinajstić information content (AvgIpc) is 2.68. The Bertz CT molecular complexity index is 858. The highest BCUT2D eigenvalue weighted by Gasteiger charge is 2.20. The maximum atomic E-state index is 12.3. The number of Topliss-reactive ketones (excluding diaryl/α,β-unsaturated/α-hetero) is 1. The van der Waals surface area contributed by atoms with E-state index in [1.54, 1.807) is 18.2 Å². The maximum absolute atomic E-state index is 12.3. The Hall–Kier alpha value is -3.15. The Balaban J connectivity index is 1.98. The van der Waals surface area contributed by atoms with Gasteiger partial charge in [-0.25, -0.2) is 0 Å². The quantitative estimate of drug-likeness (QED) is 0.557. The van der Waals surface area contributed by atoms with E-state index in [-0.39, 0.29) is 12.2 Å². The molecule has 0 aliphatic heterocycles. The van der Waals surface area contributed by atoms with Gasteiger partial charge in [0, 0.05) is 16.8 Å². The summed E-state index contributed by atoms with van der Waals surface area (Å²) >= 11 is 0. The third-order valence-corrected chi connectivity index (χ3v) is 4.33. The van der Waals surface area contributed by atoms with E-state index in [0.29, 0.717) is 22.6 Å². The minimum absolute atomic E-state index is 0.104. The number of aryl methyl sites for hydroxylation is 1. The number of amides is 1. The monoisotopic (exact) mass is 383 g/mol. The summed E-state index contributed by atoms with van der Waals surface area (Å²) in [5, 5.41) is 2.72. The van der Waals surface area contributed by atoms with Crippen LogP contribution in [0.25, 0.3) is 0 Å². The number of methoxy groups -OCH3 is 1. The van der Waals surface area contributed by atoms with Gasteiger partial charge < -0.3 is 14.8 Å². The molecule has 148 valence electrons. The van der Waals surface area contributed by atoms with Crippen molar-refractivity contribution in [3.63, 3.8) is 0 Å². The maximum Gasteiger partial charge on any atom is 0.311 e. The van der Waals surface area contributed by atoms with Crippen molar-refractivity contribution in [3.8, 4) is 5.75 Å². The van der Waals surface area contributed by atoms with E-state index >= 15 is 0 Å². The van der Waals surface area contributed by atoms with Crippen LogP contribution in [0.15, 0.2) is 42.5 Å². The molecule has 0 spiro atoms. The van der Waals surface area contributed by atoms with Crippen LogP contribution in [-0.2, 0) is 27.2 Å². The van der Waals surface area contributed by atoms with Crippen LogP contribution < -0.4 is 10.1 Å². The highest BCUT2D eigenvalue weighted by molar-refractivity contribution is 5.96. The van der Waals surface area contributed by atoms with Crippen LogP contribution in [-0.4, -0.2) is 30.9 Å². The number of hydrogen-bond donors (Lipinski definition) is 1. The summed E-state index contributed by atoms with van der Waals surface area (Å²) < 4.78 is 10.5. The molecule has 2 aromatic carbocycles. The van der Waals surface area contributed by atoms with E-state index in [4.69, 9.17) is 9.47 Å². The number of ether oxygens (including phenoxy) is 2. The van der Waals surface area contributed by atoms with Gasteiger partial charge in [0.1, 0.15) is 5.75 Å².